The lowest BCUT2D eigenvalue weighted by Crippen LogP contribution is -2.34. The summed E-state index contributed by atoms with van der Waals surface area (Å²) < 4.78 is 4.90. The van der Waals surface area contributed by atoms with E-state index in [9.17, 15) is 4.79 Å². The molecule has 1 saturated heterocycles. The number of hydrogen-bond acceptors (Lipinski definition) is 4. The van der Waals surface area contributed by atoms with E-state index in [-0.39, 0.29) is 5.91 Å². The van der Waals surface area contributed by atoms with Gasteiger partial charge in [-0.2, -0.15) is 0 Å². The maximum atomic E-state index is 11.6. The molecule has 1 aliphatic rings. The summed E-state index contributed by atoms with van der Waals surface area (Å²) in [6, 6.07) is 1.75. The van der Waals surface area contributed by atoms with Crippen LogP contribution in [0.25, 0.3) is 0 Å². The molecule has 0 bridgehead atoms. The van der Waals surface area contributed by atoms with Crippen molar-refractivity contribution in [2.75, 3.05) is 13.1 Å². The highest BCUT2D eigenvalue weighted by Crippen LogP contribution is 2.13. The molecule has 5 nitrogen and oxygen atoms in total. The zero-order chi connectivity index (χ0) is 11.2. The molecule has 1 unspecified atom stereocenters. The van der Waals surface area contributed by atoms with E-state index in [1.165, 1.54) is 6.42 Å². The van der Waals surface area contributed by atoms with Crippen LogP contribution in [0.15, 0.2) is 16.8 Å². The first-order valence-electron chi connectivity index (χ1n) is 5.71. The predicted molar refractivity (Wildman–Crippen MR) is 58.6 cm³/mol. The third-order valence-corrected chi connectivity index (χ3v) is 2.82. The molecule has 88 valence electrons. The Balaban J connectivity index is 1.67. The van der Waals surface area contributed by atoms with Gasteiger partial charge in [0, 0.05) is 12.5 Å². The third-order valence-electron chi connectivity index (χ3n) is 2.82. The van der Waals surface area contributed by atoms with E-state index >= 15 is 0 Å². The van der Waals surface area contributed by atoms with Crippen molar-refractivity contribution < 1.29 is 9.32 Å². The van der Waals surface area contributed by atoms with Crippen LogP contribution in [0, 0.1) is 5.92 Å². The van der Waals surface area contributed by atoms with E-state index in [1.807, 2.05) is 0 Å². The normalized spacial score (nSPS) is 20.6. The van der Waals surface area contributed by atoms with Crippen molar-refractivity contribution in [1.82, 2.24) is 15.8 Å². The highest BCUT2D eigenvalue weighted by Gasteiger charge is 2.16. The highest BCUT2D eigenvalue weighted by atomic mass is 16.5. The van der Waals surface area contributed by atoms with Gasteiger partial charge in [-0.3, -0.25) is 4.79 Å². The van der Waals surface area contributed by atoms with Gasteiger partial charge < -0.3 is 15.2 Å². The number of rotatable bonds is 4. The Kier molecular flexibility index (Phi) is 3.93. The Labute approximate surface area is 94.6 Å². The minimum absolute atomic E-state index is 0.0881. The van der Waals surface area contributed by atoms with Crippen LogP contribution < -0.4 is 10.6 Å². The Morgan fingerprint density at radius 1 is 1.69 bits per heavy atom. The van der Waals surface area contributed by atoms with Gasteiger partial charge in [-0.05, 0) is 31.8 Å². The van der Waals surface area contributed by atoms with Crippen molar-refractivity contribution in [3.63, 3.8) is 0 Å². The zero-order valence-corrected chi connectivity index (χ0v) is 9.24. The number of aromatic nitrogens is 1. The number of carbonyl (C=O) groups is 1. The molecule has 1 aliphatic heterocycles. The molecule has 2 N–H and O–H groups in total. The molecule has 2 rings (SSSR count). The average Bonchev–Trinajstić information content (AvgIpc) is 2.81. The molecule has 5 heteroatoms. The lowest BCUT2D eigenvalue weighted by molar-refractivity contribution is -0.122. The topological polar surface area (TPSA) is 67.2 Å². The summed E-state index contributed by atoms with van der Waals surface area (Å²) in [6.45, 7) is 2.46. The maximum Gasteiger partial charge on any atom is 0.220 e. The zero-order valence-electron chi connectivity index (χ0n) is 9.24. The monoisotopic (exact) mass is 223 g/mol. The fraction of sp³-hybridized carbons (Fsp3) is 0.636. The Bertz CT molecular complexity index is 318. The van der Waals surface area contributed by atoms with Crippen molar-refractivity contribution in [2.45, 2.75) is 25.8 Å². The molecule has 0 aliphatic carbocycles. The van der Waals surface area contributed by atoms with Gasteiger partial charge in [0.25, 0.3) is 0 Å². The van der Waals surface area contributed by atoms with Gasteiger partial charge in [-0.1, -0.05) is 5.16 Å². The minimum atomic E-state index is 0.0881. The molecule has 16 heavy (non-hydrogen) atoms. The molecule has 0 saturated carbocycles. The van der Waals surface area contributed by atoms with Crippen LogP contribution in [0.2, 0.25) is 0 Å². The molecule has 0 spiro atoms. The van der Waals surface area contributed by atoms with Crippen LogP contribution in [0.1, 0.15) is 25.0 Å². The predicted octanol–water partition coefficient (Wildman–Crippen LogP) is 0.680. The fourth-order valence-corrected chi connectivity index (χ4v) is 1.95. The summed E-state index contributed by atoms with van der Waals surface area (Å²) in [7, 11) is 0. The Morgan fingerprint density at radius 3 is 3.31 bits per heavy atom. The first-order valence-corrected chi connectivity index (χ1v) is 5.71. The summed E-state index contributed by atoms with van der Waals surface area (Å²) in [4.78, 5) is 11.6. The van der Waals surface area contributed by atoms with Crippen LogP contribution in [0.5, 0.6) is 0 Å². The third kappa shape index (κ3) is 3.34. The fourth-order valence-electron chi connectivity index (χ4n) is 1.95. The van der Waals surface area contributed by atoms with Gasteiger partial charge >= 0.3 is 0 Å². The first kappa shape index (κ1) is 11.1. The first-order chi connectivity index (χ1) is 7.84. The van der Waals surface area contributed by atoms with Crippen molar-refractivity contribution >= 4 is 5.91 Å². The van der Waals surface area contributed by atoms with Crippen LogP contribution in [-0.4, -0.2) is 24.2 Å². The van der Waals surface area contributed by atoms with Crippen molar-refractivity contribution in [1.29, 1.82) is 0 Å². The summed E-state index contributed by atoms with van der Waals surface area (Å²) >= 11 is 0. The van der Waals surface area contributed by atoms with E-state index in [1.54, 1.807) is 12.3 Å². The largest absolute Gasteiger partial charge is 0.360 e. The number of amides is 1. The summed E-state index contributed by atoms with van der Waals surface area (Å²) in [5.74, 6) is 1.25. The van der Waals surface area contributed by atoms with E-state index < -0.39 is 0 Å². The average molecular weight is 223 g/mol. The quantitative estimate of drug-likeness (QED) is 0.787. The number of nitrogens with one attached hydrogen (secondary N) is 2. The molecule has 1 amide bonds. The van der Waals surface area contributed by atoms with Gasteiger partial charge in [0.1, 0.15) is 0 Å². The molecule has 0 aromatic carbocycles. The van der Waals surface area contributed by atoms with E-state index in [0.717, 1.165) is 19.5 Å². The number of nitrogens with zero attached hydrogens (tertiary/aromatic N) is 1. The van der Waals surface area contributed by atoms with Gasteiger partial charge in [0.15, 0.2) is 5.76 Å². The minimum Gasteiger partial charge on any atom is -0.360 e. The summed E-state index contributed by atoms with van der Waals surface area (Å²) in [5, 5.41) is 9.71. The van der Waals surface area contributed by atoms with E-state index in [4.69, 9.17) is 4.52 Å². The number of hydrogen-bond donors (Lipinski definition) is 2. The molecule has 1 aromatic rings. The Hall–Kier alpha value is -1.36. The molecular weight excluding hydrogens is 206 g/mol. The maximum absolute atomic E-state index is 11.6. The Morgan fingerprint density at radius 2 is 2.62 bits per heavy atom. The second-order valence-corrected chi connectivity index (χ2v) is 4.17. The van der Waals surface area contributed by atoms with Gasteiger partial charge in [0.2, 0.25) is 5.91 Å². The molecule has 1 fully saturated rings. The van der Waals surface area contributed by atoms with Gasteiger partial charge in [-0.25, -0.2) is 0 Å². The van der Waals surface area contributed by atoms with Crippen molar-refractivity contribution in [3.8, 4) is 0 Å². The van der Waals surface area contributed by atoms with Gasteiger partial charge in [-0.15, -0.1) is 0 Å². The number of carbonyl (C=O) groups excluding carboxylic acids is 1. The lowest BCUT2D eigenvalue weighted by atomic mass is 9.96. The standard InChI is InChI=1S/C11H17N3O2/c15-11(6-9-2-1-4-12-7-9)13-8-10-3-5-14-16-10/h3,5,9,12H,1-2,4,6-8H2,(H,13,15). The van der Waals surface area contributed by atoms with E-state index in [2.05, 4.69) is 15.8 Å². The SMILES string of the molecule is O=C(CC1CCCNC1)NCc1ccno1. The highest BCUT2D eigenvalue weighted by molar-refractivity contribution is 5.76. The van der Waals surface area contributed by atoms with Crippen molar-refractivity contribution in [2.24, 2.45) is 5.92 Å². The van der Waals surface area contributed by atoms with E-state index in [0.29, 0.717) is 24.6 Å². The smallest absolute Gasteiger partial charge is 0.220 e. The van der Waals surface area contributed by atoms with Crippen LogP contribution in [-0.2, 0) is 11.3 Å². The summed E-state index contributed by atoms with van der Waals surface area (Å²) in [6.07, 6.45) is 4.48. The molecule has 2 heterocycles. The lowest BCUT2D eigenvalue weighted by Gasteiger charge is -2.21. The molecule has 1 aromatic heterocycles. The second-order valence-electron chi connectivity index (χ2n) is 4.17. The number of piperidine rings is 1. The molecule has 1 atom stereocenters. The second kappa shape index (κ2) is 5.65. The molecule has 0 radical (unpaired) electrons. The van der Waals surface area contributed by atoms with Crippen LogP contribution in [0.3, 0.4) is 0 Å². The van der Waals surface area contributed by atoms with Crippen LogP contribution >= 0.6 is 0 Å². The van der Waals surface area contributed by atoms with Gasteiger partial charge in [0.05, 0.1) is 12.7 Å². The molecular formula is C11H17N3O2. The van der Waals surface area contributed by atoms with Crippen LogP contribution in [0.4, 0.5) is 0 Å². The summed E-state index contributed by atoms with van der Waals surface area (Å²) in [5.41, 5.74) is 0. The van der Waals surface area contributed by atoms with Crippen molar-refractivity contribution in [3.05, 3.63) is 18.0 Å².